The maximum Gasteiger partial charge on any atom is 0.573 e. The predicted octanol–water partition coefficient (Wildman–Crippen LogP) is 5.67. The minimum Gasteiger partial charge on any atom is -0.457 e. The Balaban J connectivity index is 2.20. The zero-order chi connectivity index (χ0) is 15.5. The fourth-order valence-electron chi connectivity index (χ4n) is 1.56. The highest BCUT2D eigenvalue weighted by Gasteiger charge is 2.32. The summed E-state index contributed by atoms with van der Waals surface area (Å²) in [5, 5.41) is -0.151. The van der Waals surface area contributed by atoms with Crippen molar-refractivity contribution in [2.24, 2.45) is 0 Å². The number of alkyl halides is 3. The average Bonchev–Trinajstić information content (AvgIpc) is 2.42. The first-order valence-corrected chi connectivity index (χ1v) is 6.21. The summed E-state index contributed by atoms with van der Waals surface area (Å²) in [6.07, 6.45) is -3.14. The molecule has 0 aromatic heterocycles. The van der Waals surface area contributed by atoms with Gasteiger partial charge in [0.05, 0.1) is 5.02 Å². The highest BCUT2D eigenvalue weighted by molar-refractivity contribution is 6.32. The molecule has 0 radical (unpaired) electrons. The molecule has 0 spiro atoms. The number of halogens is 4. The smallest absolute Gasteiger partial charge is 0.457 e. The lowest BCUT2D eigenvalue weighted by atomic mass is 10.2. The molecular formula is C15H10ClF3O2. The Hall–Kier alpha value is -2.14. The van der Waals surface area contributed by atoms with Crippen molar-refractivity contribution >= 4 is 17.7 Å². The number of hydrogen-bond acceptors (Lipinski definition) is 2. The SMILES string of the molecule is C=Cc1ccc(Oc2ccc(Cl)c(OC(F)(F)F)c2)cc1. The van der Waals surface area contributed by atoms with Crippen LogP contribution in [0.4, 0.5) is 13.2 Å². The third-order valence-electron chi connectivity index (χ3n) is 2.48. The van der Waals surface area contributed by atoms with Crippen LogP contribution in [0.3, 0.4) is 0 Å². The van der Waals surface area contributed by atoms with Crippen LogP contribution in [-0.2, 0) is 0 Å². The van der Waals surface area contributed by atoms with Gasteiger partial charge in [-0.05, 0) is 29.8 Å². The van der Waals surface area contributed by atoms with Gasteiger partial charge >= 0.3 is 6.36 Å². The van der Waals surface area contributed by atoms with Gasteiger partial charge in [0.25, 0.3) is 0 Å². The molecule has 0 bridgehead atoms. The van der Waals surface area contributed by atoms with E-state index in [1.54, 1.807) is 30.3 Å². The van der Waals surface area contributed by atoms with Crippen molar-refractivity contribution in [1.82, 2.24) is 0 Å². The second-order valence-corrected chi connectivity index (χ2v) is 4.42. The molecule has 0 atom stereocenters. The highest BCUT2D eigenvalue weighted by atomic mass is 35.5. The Morgan fingerprint density at radius 3 is 2.19 bits per heavy atom. The van der Waals surface area contributed by atoms with Gasteiger partial charge in [-0.25, -0.2) is 0 Å². The van der Waals surface area contributed by atoms with Crippen molar-refractivity contribution in [1.29, 1.82) is 0 Å². The van der Waals surface area contributed by atoms with Gasteiger partial charge in [0.15, 0.2) is 5.75 Å². The summed E-state index contributed by atoms with van der Waals surface area (Å²) in [5.74, 6) is 0.148. The lowest BCUT2D eigenvalue weighted by molar-refractivity contribution is -0.274. The molecule has 0 amide bonds. The second-order valence-electron chi connectivity index (χ2n) is 4.02. The number of hydrogen-bond donors (Lipinski definition) is 0. The first kappa shape index (κ1) is 15.3. The van der Waals surface area contributed by atoms with E-state index in [9.17, 15) is 13.2 Å². The van der Waals surface area contributed by atoms with Crippen LogP contribution >= 0.6 is 11.6 Å². The lowest BCUT2D eigenvalue weighted by Gasteiger charge is -2.12. The summed E-state index contributed by atoms with van der Waals surface area (Å²) in [4.78, 5) is 0. The molecule has 0 heterocycles. The third kappa shape index (κ3) is 4.43. The third-order valence-corrected chi connectivity index (χ3v) is 2.79. The van der Waals surface area contributed by atoms with Crippen molar-refractivity contribution in [3.05, 3.63) is 59.6 Å². The molecular weight excluding hydrogens is 305 g/mol. The first-order chi connectivity index (χ1) is 9.87. The van der Waals surface area contributed by atoms with Gasteiger partial charge in [-0.3, -0.25) is 0 Å². The van der Waals surface area contributed by atoms with Gasteiger partial charge < -0.3 is 9.47 Å². The minimum absolute atomic E-state index is 0.151. The molecule has 0 saturated heterocycles. The molecule has 21 heavy (non-hydrogen) atoms. The molecule has 0 aliphatic carbocycles. The quantitative estimate of drug-likeness (QED) is 0.723. The maximum absolute atomic E-state index is 12.2. The van der Waals surface area contributed by atoms with Crippen molar-refractivity contribution in [3.63, 3.8) is 0 Å². The Kier molecular flexibility index (Phi) is 4.43. The molecule has 0 N–H and O–H groups in total. The molecule has 0 saturated carbocycles. The van der Waals surface area contributed by atoms with Crippen LogP contribution in [-0.4, -0.2) is 6.36 Å². The molecule has 2 aromatic rings. The van der Waals surface area contributed by atoms with E-state index in [1.807, 2.05) is 0 Å². The highest BCUT2D eigenvalue weighted by Crippen LogP contribution is 2.34. The van der Waals surface area contributed by atoms with E-state index < -0.39 is 12.1 Å². The van der Waals surface area contributed by atoms with E-state index in [4.69, 9.17) is 16.3 Å². The second kappa shape index (κ2) is 6.10. The van der Waals surface area contributed by atoms with Crippen molar-refractivity contribution in [3.8, 4) is 17.2 Å². The number of rotatable bonds is 4. The van der Waals surface area contributed by atoms with Gasteiger partial charge in [0.2, 0.25) is 0 Å². The van der Waals surface area contributed by atoms with Gasteiger partial charge in [-0.1, -0.05) is 36.4 Å². The molecule has 110 valence electrons. The van der Waals surface area contributed by atoms with Crippen molar-refractivity contribution < 1.29 is 22.6 Å². The summed E-state index contributed by atoms with van der Waals surface area (Å²) in [6.45, 7) is 3.62. The van der Waals surface area contributed by atoms with Crippen LogP contribution in [0.1, 0.15) is 5.56 Å². The zero-order valence-electron chi connectivity index (χ0n) is 10.7. The van der Waals surface area contributed by atoms with E-state index >= 15 is 0 Å². The van der Waals surface area contributed by atoms with Crippen LogP contribution in [0.2, 0.25) is 5.02 Å². The zero-order valence-corrected chi connectivity index (χ0v) is 11.4. The topological polar surface area (TPSA) is 18.5 Å². The van der Waals surface area contributed by atoms with E-state index in [2.05, 4.69) is 11.3 Å². The predicted molar refractivity (Wildman–Crippen MR) is 74.7 cm³/mol. The maximum atomic E-state index is 12.2. The molecule has 2 aromatic carbocycles. The molecule has 6 heteroatoms. The molecule has 0 aliphatic rings. The fraction of sp³-hybridized carbons (Fsp3) is 0.0667. The monoisotopic (exact) mass is 314 g/mol. The Bertz CT molecular complexity index is 636. The fourth-order valence-corrected chi connectivity index (χ4v) is 1.71. The number of benzene rings is 2. The summed E-state index contributed by atoms with van der Waals surface area (Å²) < 4.78 is 46.0. The molecule has 0 fully saturated rings. The van der Waals surface area contributed by atoms with Gasteiger partial charge in [0.1, 0.15) is 11.5 Å². The molecule has 2 nitrogen and oxygen atoms in total. The number of ether oxygens (including phenoxy) is 2. The molecule has 0 aliphatic heterocycles. The Morgan fingerprint density at radius 1 is 1.00 bits per heavy atom. The molecule has 2 rings (SSSR count). The Morgan fingerprint density at radius 2 is 1.62 bits per heavy atom. The van der Waals surface area contributed by atoms with Crippen LogP contribution in [0.25, 0.3) is 6.08 Å². The lowest BCUT2D eigenvalue weighted by Crippen LogP contribution is -2.17. The molecule has 0 unspecified atom stereocenters. The van der Waals surface area contributed by atoms with E-state index in [0.29, 0.717) is 5.75 Å². The van der Waals surface area contributed by atoms with Gasteiger partial charge in [0, 0.05) is 6.07 Å². The summed E-state index contributed by atoms with van der Waals surface area (Å²) in [5.41, 5.74) is 0.902. The van der Waals surface area contributed by atoms with Crippen molar-refractivity contribution in [2.75, 3.05) is 0 Å². The first-order valence-electron chi connectivity index (χ1n) is 5.83. The van der Waals surface area contributed by atoms with E-state index in [1.165, 1.54) is 12.1 Å². The van der Waals surface area contributed by atoms with Crippen LogP contribution in [0.5, 0.6) is 17.2 Å². The van der Waals surface area contributed by atoms with Crippen LogP contribution < -0.4 is 9.47 Å². The summed E-state index contributed by atoms with van der Waals surface area (Å²) in [7, 11) is 0. The minimum atomic E-state index is -4.81. The van der Waals surface area contributed by atoms with Crippen LogP contribution in [0, 0.1) is 0 Å². The summed E-state index contributed by atoms with van der Waals surface area (Å²) in [6, 6.07) is 10.7. The largest absolute Gasteiger partial charge is 0.573 e. The Labute approximate surface area is 124 Å². The van der Waals surface area contributed by atoms with Crippen molar-refractivity contribution in [2.45, 2.75) is 6.36 Å². The van der Waals surface area contributed by atoms with E-state index in [-0.39, 0.29) is 10.8 Å². The van der Waals surface area contributed by atoms with Crippen LogP contribution in [0.15, 0.2) is 49.0 Å². The van der Waals surface area contributed by atoms with Gasteiger partial charge in [-0.15, -0.1) is 13.2 Å². The van der Waals surface area contributed by atoms with Gasteiger partial charge in [-0.2, -0.15) is 0 Å². The summed E-state index contributed by atoms with van der Waals surface area (Å²) >= 11 is 5.65. The normalized spacial score (nSPS) is 11.0. The average molecular weight is 315 g/mol. The standard InChI is InChI=1S/C15H10ClF3O2/c1-2-10-3-5-11(6-4-10)20-12-7-8-13(16)14(9-12)21-15(17,18)19/h2-9H,1H2. The van der Waals surface area contributed by atoms with E-state index in [0.717, 1.165) is 11.6 Å².